The Morgan fingerprint density at radius 2 is 1.53 bits per heavy atom. The Balaban J connectivity index is 0.000000362. The molecule has 0 spiro atoms. The fourth-order valence-electron chi connectivity index (χ4n) is 1.14. The monoisotopic (exact) mass is 292 g/mol. The van der Waals surface area contributed by atoms with E-state index >= 15 is 0 Å². The minimum atomic E-state index is -4.02. The van der Waals surface area contributed by atoms with Crippen LogP contribution in [-0.4, -0.2) is 51.6 Å². The van der Waals surface area contributed by atoms with Crippen LogP contribution in [0, 0.1) is 6.92 Å². The summed E-state index contributed by atoms with van der Waals surface area (Å²) in [6, 6.07) is 5.99. The lowest BCUT2D eigenvalue weighted by Gasteiger charge is -2.05. The highest BCUT2D eigenvalue weighted by Gasteiger charge is 2.06. The SMILES string of the molecule is COCC(O)COC.Cc1ccc(S(=O)(=O)O)cc1. The summed E-state index contributed by atoms with van der Waals surface area (Å²) in [6.07, 6.45) is -0.481. The average Bonchev–Trinajstić information content (AvgIpc) is 2.30. The van der Waals surface area contributed by atoms with Gasteiger partial charge in [-0.1, -0.05) is 17.7 Å². The lowest BCUT2D eigenvalue weighted by Crippen LogP contribution is -2.19. The van der Waals surface area contributed by atoms with Gasteiger partial charge in [-0.05, 0) is 19.1 Å². The van der Waals surface area contributed by atoms with Crippen LogP contribution in [0.2, 0.25) is 0 Å². The van der Waals surface area contributed by atoms with Gasteiger partial charge in [-0.2, -0.15) is 8.42 Å². The first-order valence-corrected chi connectivity index (χ1v) is 6.95. The van der Waals surface area contributed by atoms with E-state index < -0.39 is 16.2 Å². The Bertz CT molecular complexity index is 434. The Hall–Kier alpha value is -0.990. The highest BCUT2D eigenvalue weighted by atomic mass is 32.2. The van der Waals surface area contributed by atoms with E-state index in [0.717, 1.165) is 5.56 Å². The van der Waals surface area contributed by atoms with E-state index in [0.29, 0.717) is 13.2 Å². The molecule has 0 bridgehead atoms. The lowest BCUT2D eigenvalue weighted by molar-refractivity contribution is 0.00980. The molecule has 2 N–H and O–H groups in total. The Labute approximate surface area is 113 Å². The Kier molecular flexibility index (Phi) is 8.53. The van der Waals surface area contributed by atoms with Crippen LogP contribution in [0.5, 0.6) is 0 Å². The summed E-state index contributed by atoms with van der Waals surface area (Å²) in [4.78, 5) is -0.0666. The molecular formula is C12H20O6S. The normalized spacial score (nSPS) is 11.1. The van der Waals surface area contributed by atoms with Crippen LogP contribution in [0.25, 0.3) is 0 Å². The molecule has 0 radical (unpaired) electrons. The number of methoxy groups -OCH3 is 2. The van der Waals surface area contributed by atoms with Crippen LogP contribution in [0.3, 0.4) is 0 Å². The summed E-state index contributed by atoms with van der Waals surface area (Å²) in [5.41, 5.74) is 0.956. The highest BCUT2D eigenvalue weighted by Crippen LogP contribution is 2.08. The van der Waals surface area contributed by atoms with Crippen molar-refractivity contribution in [3.8, 4) is 0 Å². The summed E-state index contributed by atoms with van der Waals surface area (Å²) in [5, 5.41) is 8.80. The van der Waals surface area contributed by atoms with Gasteiger partial charge in [0.15, 0.2) is 0 Å². The van der Waals surface area contributed by atoms with Crippen molar-refractivity contribution in [1.29, 1.82) is 0 Å². The number of aliphatic hydroxyl groups is 1. The molecule has 0 aliphatic heterocycles. The fraction of sp³-hybridized carbons (Fsp3) is 0.500. The molecular weight excluding hydrogens is 272 g/mol. The fourth-order valence-corrected chi connectivity index (χ4v) is 1.62. The average molecular weight is 292 g/mol. The van der Waals surface area contributed by atoms with Crippen molar-refractivity contribution in [2.24, 2.45) is 0 Å². The second-order valence-corrected chi connectivity index (χ2v) is 5.27. The van der Waals surface area contributed by atoms with Crippen LogP contribution >= 0.6 is 0 Å². The third-order valence-corrected chi connectivity index (χ3v) is 2.90. The number of ether oxygens (including phenoxy) is 2. The molecule has 110 valence electrons. The number of rotatable bonds is 5. The third kappa shape index (κ3) is 8.68. The predicted molar refractivity (Wildman–Crippen MR) is 70.8 cm³/mol. The molecule has 1 aromatic carbocycles. The van der Waals surface area contributed by atoms with Crippen molar-refractivity contribution in [1.82, 2.24) is 0 Å². The van der Waals surface area contributed by atoms with Gasteiger partial charge in [-0.15, -0.1) is 0 Å². The molecule has 0 aliphatic carbocycles. The molecule has 0 atom stereocenters. The third-order valence-electron chi connectivity index (χ3n) is 2.04. The zero-order valence-electron chi connectivity index (χ0n) is 11.2. The van der Waals surface area contributed by atoms with Crippen LogP contribution < -0.4 is 0 Å². The van der Waals surface area contributed by atoms with Gasteiger partial charge in [-0.25, -0.2) is 0 Å². The van der Waals surface area contributed by atoms with Crippen LogP contribution in [0.1, 0.15) is 5.56 Å². The summed E-state index contributed by atoms with van der Waals surface area (Å²) < 4.78 is 38.8. The van der Waals surface area contributed by atoms with Crippen molar-refractivity contribution in [3.05, 3.63) is 29.8 Å². The van der Waals surface area contributed by atoms with Gasteiger partial charge in [0.25, 0.3) is 10.1 Å². The zero-order chi connectivity index (χ0) is 14.9. The summed E-state index contributed by atoms with van der Waals surface area (Å²) in [6.45, 7) is 2.52. The molecule has 0 fully saturated rings. The van der Waals surface area contributed by atoms with E-state index in [1.165, 1.54) is 12.1 Å². The van der Waals surface area contributed by atoms with Gasteiger partial charge >= 0.3 is 0 Å². The molecule has 7 heteroatoms. The van der Waals surface area contributed by atoms with Gasteiger partial charge in [0.1, 0.15) is 6.10 Å². The van der Waals surface area contributed by atoms with Gasteiger partial charge in [0, 0.05) is 14.2 Å². The molecule has 1 aromatic rings. The van der Waals surface area contributed by atoms with Crippen molar-refractivity contribution >= 4 is 10.1 Å². The van der Waals surface area contributed by atoms with Gasteiger partial charge < -0.3 is 14.6 Å². The van der Waals surface area contributed by atoms with Crippen molar-refractivity contribution < 1.29 is 27.6 Å². The molecule has 6 nitrogen and oxygen atoms in total. The molecule has 0 saturated carbocycles. The topological polar surface area (TPSA) is 93.1 Å². The minimum absolute atomic E-state index is 0.0666. The molecule has 1 rings (SSSR count). The quantitative estimate of drug-likeness (QED) is 0.783. The molecule has 0 heterocycles. The first-order valence-electron chi connectivity index (χ1n) is 5.51. The summed E-state index contributed by atoms with van der Waals surface area (Å²) >= 11 is 0. The molecule has 0 aromatic heterocycles. The standard InChI is InChI=1S/C7H8O3S.C5H12O3/c1-6-2-4-7(5-3-6)11(8,9)10;1-7-3-5(6)4-8-2/h2-5H,1H3,(H,8,9,10);5-6H,3-4H2,1-2H3. The van der Waals surface area contributed by atoms with Gasteiger partial charge in [0.05, 0.1) is 18.1 Å². The van der Waals surface area contributed by atoms with E-state index in [4.69, 9.17) is 9.66 Å². The Morgan fingerprint density at radius 3 is 1.84 bits per heavy atom. The van der Waals surface area contributed by atoms with E-state index in [2.05, 4.69) is 9.47 Å². The predicted octanol–water partition coefficient (Wildman–Crippen LogP) is 0.882. The molecule has 19 heavy (non-hydrogen) atoms. The lowest BCUT2D eigenvalue weighted by atomic mass is 10.2. The maximum absolute atomic E-state index is 10.5. The van der Waals surface area contributed by atoms with Gasteiger partial charge in [0.2, 0.25) is 0 Å². The van der Waals surface area contributed by atoms with Crippen LogP contribution in [-0.2, 0) is 19.6 Å². The molecule has 0 unspecified atom stereocenters. The van der Waals surface area contributed by atoms with Crippen molar-refractivity contribution in [2.45, 2.75) is 17.9 Å². The maximum Gasteiger partial charge on any atom is 0.294 e. The molecule has 0 amide bonds. The van der Waals surface area contributed by atoms with Crippen molar-refractivity contribution in [2.75, 3.05) is 27.4 Å². The number of hydrogen-bond acceptors (Lipinski definition) is 5. The van der Waals surface area contributed by atoms with Crippen LogP contribution in [0.15, 0.2) is 29.2 Å². The molecule has 0 aliphatic rings. The Morgan fingerprint density at radius 1 is 1.11 bits per heavy atom. The minimum Gasteiger partial charge on any atom is -0.388 e. The number of aliphatic hydroxyl groups excluding tert-OH is 1. The maximum atomic E-state index is 10.5. The second-order valence-electron chi connectivity index (χ2n) is 3.85. The number of benzene rings is 1. The second kappa shape index (κ2) is 9.00. The van der Waals surface area contributed by atoms with E-state index in [-0.39, 0.29) is 4.90 Å². The highest BCUT2D eigenvalue weighted by molar-refractivity contribution is 7.85. The first kappa shape index (κ1) is 18.0. The zero-order valence-corrected chi connectivity index (χ0v) is 12.1. The van der Waals surface area contributed by atoms with Gasteiger partial charge in [-0.3, -0.25) is 4.55 Å². The number of hydrogen-bond donors (Lipinski definition) is 2. The largest absolute Gasteiger partial charge is 0.388 e. The first-order chi connectivity index (χ1) is 8.81. The smallest absolute Gasteiger partial charge is 0.294 e. The van der Waals surface area contributed by atoms with Crippen molar-refractivity contribution in [3.63, 3.8) is 0 Å². The summed E-state index contributed by atoms with van der Waals surface area (Å²) in [5.74, 6) is 0. The molecule has 0 saturated heterocycles. The summed E-state index contributed by atoms with van der Waals surface area (Å²) in [7, 11) is -0.938. The van der Waals surface area contributed by atoms with Crippen LogP contribution in [0.4, 0.5) is 0 Å². The van der Waals surface area contributed by atoms with E-state index in [1.54, 1.807) is 26.4 Å². The number of aryl methyl sites for hydroxylation is 1. The van der Waals surface area contributed by atoms with E-state index in [1.807, 2.05) is 6.92 Å². The van der Waals surface area contributed by atoms with E-state index in [9.17, 15) is 8.42 Å².